The first-order valence-corrected chi connectivity index (χ1v) is 7.26. The van der Waals surface area contributed by atoms with Crippen LogP contribution in [-0.2, 0) is 21.5 Å². The number of esters is 1. The lowest BCUT2D eigenvalue weighted by atomic mass is 9.87. The lowest BCUT2D eigenvalue weighted by Crippen LogP contribution is -2.42. The fraction of sp³-hybridized carbons (Fsp3) is 0.188. The fourth-order valence-electron chi connectivity index (χ4n) is 2.75. The summed E-state index contributed by atoms with van der Waals surface area (Å²) in [6.07, 6.45) is 0.403. The summed E-state index contributed by atoms with van der Waals surface area (Å²) in [6, 6.07) is 12.1. The van der Waals surface area contributed by atoms with Crippen LogP contribution in [0.2, 0.25) is 0 Å². The summed E-state index contributed by atoms with van der Waals surface area (Å²) in [4.78, 5) is 12.4. The summed E-state index contributed by atoms with van der Waals surface area (Å²) in [5, 5.41) is 3.15. The number of hydrogen-bond donors (Lipinski definition) is 1. The average molecular weight is 350 g/mol. The Hall–Kier alpha value is -1.88. The van der Waals surface area contributed by atoms with Crippen molar-refractivity contribution in [2.45, 2.75) is 12.0 Å². The molecule has 0 amide bonds. The monoisotopic (exact) mass is 349 g/mol. The van der Waals surface area contributed by atoms with Gasteiger partial charge in [0, 0.05) is 16.6 Å². The van der Waals surface area contributed by atoms with E-state index in [-0.39, 0.29) is 5.82 Å². The van der Waals surface area contributed by atoms with Crippen LogP contribution in [-0.4, -0.2) is 13.1 Å². The summed E-state index contributed by atoms with van der Waals surface area (Å²) >= 11 is 3.36. The van der Waals surface area contributed by atoms with E-state index in [4.69, 9.17) is 4.74 Å². The zero-order valence-corrected chi connectivity index (χ0v) is 12.9. The number of benzene rings is 2. The predicted octanol–water partition coefficient (Wildman–Crippen LogP) is 3.62. The van der Waals surface area contributed by atoms with E-state index in [1.165, 1.54) is 19.2 Å². The lowest BCUT2D eigenvalue weighted by molar-refractivity contribution is -0.146. The van der Waals surface area contributed by atoms with Crippen molar-refractivity contribution in [3.63, 3.8) is 0 Å². The van der Waals surface area contributed by atoms with Crippen LogP contribution < -0.4 is 5.32 Å². The van der Waals surface area contributed by atoms with E-state index in [0.29, 0.717) is 16.6 Å². The molecule has 3 nitrogen and oxygen atoms in total. The van der Waals surface area contributed by atoms with Crippen molar-refractivity contribution in [2.24, 2.45) is 0 Å². The first kappa shape index (κ1) is 14.1. The lowest BCUT2D eigenvalue weighted by Gasteiger charge is -2.27. The maximum absolute atomic E-state index is 13.6. The third-order valence-electron chi connectivity index (χ3n) is 3.75. The molecule has 21 heavy (non-hydrogen) atoms. The van der Waals surface area contributed by atoms with E-state index >= 15 is 0 Å². The number of fused-ring (bicyclic) bond motifs is 1. The van der Waals surface area contributed by atoms with Gasteiger partial charge in [-0.2, -0.15) is 0 Å². The van der Waals surface area contributed by atoms with E-state index in [1.807, 2.05) is 30.3 Å². The number of methoxy groups -OCH3 is 1. The quantitative estimate of drug-likeness (QED) is 0.841. The van der Waals surface area contributed by atoms with Crippen LogP contribution >= 0.6 is 15.9 Å². The van der Waals surface area contributed by atoms with E-state index in [1.54, 1.807) is 0 Å². The minimum atomic E-state index is -1.02. The van der Waals surface area contributed by atoms with Gasteiger partial charge in [-0.3, -0.25) is 0 Å². The Morgan fingerprint density at radius 1 is 1.33 bits per heavy atom. The Morgan fingerprint density at radius 2 is 2.05 bits per heavy atom. The minimum absolute atomic E-state index is 0.359. The molecule has 2 aromatic rings. The highest BCUT2D eigenvalue weighted by atomic mass is 79.9. The third kappa shape index (κ3) is 2.21. The van der Waals surface area contributed by atoms with E-state index in [2.05, 4.69) is 21.2 Å². The number of halogens is 2. The zero-order valence-electron chi connectivity index (χ0n) is 11.3. The van der Waals surface area contributed by atoms with Crippen LogP contribution in [0.15, 0.2) is 46.9 Å². The average Bonchev–Trinajstić information content (AvgIpc) is 2.88. The first-order valence-electron chi connectivity index (χ1n) is 6.47. The normalized spacial score (nSPS) is 19.8. The standard InChI is InChI=1S/C16H13BrFNO2/c1-21-15(20)16(10-5-3-2-4-6-10)9-12-13(17)7-11(18)8-14(12)19-16/h2-8,19H,9H2,1H3. The molecule has 0 aliphatic carbocycles. The molecule has 0 aromatic heterocycles. The van der Waals surface area contributed by atoms with E-state index < -0.39 is 11.5 Å². The third-order valence-corrected chi connectivity index (χ3v) is 4.46. The number of anilines is 1. The molecule has 1 unspecified atom stereocenters. The smallest absolute Gasteiger partial charge is 0.336 e. The van der Waals surface area contributed by atoms with Gasteiger partial charge in [0.25, 0.3) is 0 Å². The Bertz CT molecular complexity index is 705. The molecule has 2 aromatic carbocycles. The summed E-state index contributed by atoms with van der Waals surface area (Å²) in [7, 11) is 1.35. The van der Waals surface area contributed by atoms with E-state index in [0.717, 1.165) is 11.1 Å². The molecule has 0 saturated carbocycles. The second-order valence-corrected chi connectivity index (χ2v) is 5.83. The second kappa shape index (κ2) is 5.15. The number of hydrogen-bond acceptors (Lipinski definition) is 3. The number of ether oxygens (including phenoxy) is 1. The summed E-state index contributed by atoms with van der Waals surface area (Å²) in [6.45, 7) is 0. The molecule has 0 saturated heterocycles. The van der Waals surface area contributed by atoms with Crippen LogP contribution in [0.25, 0.3) is 0 Å². The predicted molar refractivity (Wildman–Crippen MR) is 81.6 cm³/mol. The Kier molecular flexibility index (Phi) is 3.45. The topological polar surface area (TPSA) is 38.3 Å². The Labute approximate surface area is 130 Å². The van der Waals surface area contributed by atoms with Crippen LogP contribution in [0.1, 0.15) is 11.1 Å². The molecule has 3 rings (SSSR count). The van der Waals surface area contributed by atoms with Crippen LogP contribution in [0, 0.1) is 5.82 Å². The largest absolute Gasteiger partial charge is 0.467 e. The van der Waals surface area contributed by atoms with Crippen LogP contribution in [0.4, 0.5) is 10.1 Å². The van der Waals surface area contributed by atoms with Gasteiger partial charge < -0.3 is 10.1 Å². The van der Waals surface area contributed by atoms with Crippen molar-refractivity contribution < 1.29 is 13.9 Å². The van der Waals surface area contributed by atoms with Crippen LogP contribution in [0.5, 0.6) is 0 Å². The summed E-state index contributed by atoms with van der Waals surface area (Å²) in [5.74, 6) is -0.751. The molecule has 0 fully saturated rings. The van der Waals surface area contributed by atoms with Crippen molar-refractivity contribution in [3.8, 4) is 0 Å². The maximum atomic E-state index is 13.6. The van der Waals surface area contributed by atoms with Gasteiger partial charge in [-0.05, 0) is 23.3 Å². The van der Waals surface area contributed by atoms with Gasteiger partial charge in [0.15, 0.2) is 5.54 Å². The molecular weight excluding hydrogens is 337 g/mol. The molecule has 1 heterocycles. The molecule has 5 heteroatoms. The highest BCUT2D eigenvalue weighted by Crippen LogP contribution is 2.43. The highest BCUT2D eigenvalue weighted by molar-refractivity contribution is 9.10. The second-order valence-electron chi connectivity index (χ2n) is 4.98. The summed E-state index contributed by atoms with van der Waals surface area (Å²) < 4.78 is 19.2. The molecule has 0 spiro atoms. The Balaban J connectivity index is 2.14. The zero-order chi connectivity index (χ0) is 15.0. The molecule has 0 bridgehead atoms. The fourth-order valence-corrected chi connectivity index (χ4v) is 3.32. The van der Waals surface area contributed by atoms with Crippen molar-refractivity contribution in [1.82, 2.24) is 0 Å². The Morgan fingerprint density at radius 3 is 2.71 bits per heavy atom. The number of nitrogens with one attached hydrogen (secondary N) is 1. The molecule has 1 aliphatic heterocycles. The summed E-state index contributed by atoms with van der Waals surface area (Å²) in [5.41, 5.74) is 1.25. The molecule has 1 N–H and O–H groups in total. The molecular formula is C16H13BrFNO2. The van der Waals surface area contributed by atoms with Gasteiger partial charge >= 0.3 is 5.97 Å². The van der Waals surface area contributed by atoms with Gasteiger partial charge in [0.2, 0.25) is 0 Å². The number of carbonyl (C=O) groups is 1. The molecule has 1 aliphatic rings. The van der Waals surface area contributed by atoms with Crippen LogP contribution in [0.3, 0.4) is 0 Å². The van der Waals surface area contributed by atoms with Crippen molar-refractivity contribution in [3.05, 3.63) is 63.9 Å². The van der Waals surface area contributed by atoms with Crippen molar-refractivity contribution in [2.75, 3.05) is 12.4 Å². The number of rotatable bonds is 2. The minimum Gasteiger partial charge on any atom is -0.467 e. The molecule has 0 radical (unpaired) electrons. The maximum Gasteiger partial charge on any atom is 0.336 e. The van der Waals surface area contributed by atoms with Gasteiger partial charge in [-0.1, -0.05) is 46.3 Å². The van der Waals surface area contributed by atoms with Gasteiger partial charge in [0.1, 0.15) is 5.82 Å². The van der Waals surface area contributed by atoms with Gasteiger partial charge in [-0.15, -0.1) is 0 Å². The van der Waals surface area contributed by atoms with Crippen molar-refractivity contribution in [1.29, 1.82) is 0 Å². The highest BCUT2D eigenvalue weighted by Gasteiger charge is 2.47. The SMILES string of the molecule is COC(=O)C1(c2ccccc2)Cc2c(Br)cc(F)cc2N1. The van der Waals surface area contributed by atoms with Gasteiger partial charge in [-0.25, -0.2) is 9.18 Å². The van der Waals surface area contributed by atoms with E-state index in [9.17, 15) is 9.18 Å². The first-order chi connectivity index (χ1) is 10.1. The van der Waals surface area contributed by atoms with Gasteiger partial charge in [0.05, 0.1) is 7.11 Å². The molecule has 108 valence electrons. The molecule has 1 atom stereocenters. The van der Waals surface area contributed by atoms with Crippen molar-refractivity contribution >= 4 is 27.6 Å². The number of carbonyl (C=O) groups excluding carboxylic acids is 1.